The van der Waals surface area contributed by atoms with E-state index in [1.54, 1.807) is 42.5 Å². The van der Waals surface area contributed by atoms with Crippen molar-refractivity contribution in [2.24, 2.45) is 11.7 Å². The van der Waals surface area contributed by atoms with Crippen molar-refractivity contribution in [2.45, 2.75) is 27.2 Å². The number of aryl methyl sites for hydroxylation is 1. The molecule has 7 heteroatoms. The number of halogens is 1. The predicted octanol–water partition coefficient (Wildman–Crippen LogP) is 3.99. The molecule has 0 aromatic heterocycles. The van der Waals surface area contributed by atoms with Crippen LogP contribution in [0.25, 0.3) is 0 Å². The first kappa shape index (κ1) is 23.5. The molecule has 0 bridgehead atoms. The fraction of sp³-hybridized carbons (Fsp3) is 0.333. The van der Waals surface area contributed by atoms with Crippen LogP contribution in [0.2, 0.25) is 0 Å². The van der Waals surface area contributed by atoms with Gasteiger partial charge in [-0.25, -0.2) is 0 Å². The molecule has 2 amide bonds. The number of hydrogen-bond donors (Lipinski definition) is 3. The molecule has 28 heavy (non-hydrogen) atoms. The molecule has 2 aromatic carbocycles. The van der Waals surface area contributed by atoms with Gasteiger partial charge in [0.15, 0.2) is 0 Å². The summed E-state index contributed by atoms with van der Waals surface area (Å²) in [5.74, 6) is 0.759. The molecule has 0 fully saturated rings. The fourth-order valence-corrected chi connectivity index (χ4v) is 2.53. The highest BCUT2D eigenvalue weighted by atomic mass is 35.5. The predicted molar refractivity (Wildman–Crippen MR) is 115 cm³/mol. The van der Waals surface area contributed by atoms with Gasteiger partial charge in [0, 0.05) is 29.9 Å². The topological polar surface area (TPSA) is 93.4 Å². The van der Waals surface area contributed by atoms with Crippen molar-refractivity contribution in [1.29, 1.82) is 0 Å². The van der Waals surface area contributed by atoms with Crippen LogP contribution in [0, 0.1) is 12.8 Å². The lowest BCUT2D eigenvalue weighted by atomic mass is 10.1. The smallest absolute Gasteiger partial charge is 0.255 e. The van der Waals surface area contributed by atoms with Gasteiger partial charge in [0.05, 0.1) is 0 Å². The average Bonchev–Trinajstić information content (AvgIpc) is 2.62. The molecular weight excluding hydrogens is 378 g/mol. The number of nitrogens with one attached hydrogen (secondary N) is 2. The van der Waals surface area contributed by atoms with Crippen molar-refractivity contribution < 1.29 is 14.3 Å². The Morgan fingerprint density at radius 2 is 1.75 bits per heavy atom. The van der Waals surface area contributed by atoms with E-state index in [1.807, 2.05) is 20.8 Å². The van der Waals surface area contributed by atoms with Gasteiger partial charge in [-0.15, -0.1) is 12.4 Å². The van der Waals surface area contributed by atoms with Crippen LogP contribution in [0.4, 0.5) is 11.4 Å². The van der Waals surface area contributed by atoms with Crippen molar-refractivity contribution >= 4 is 35.6 Å². The summed E-state index contributed by atoms with van der Waals surface area (Å²) in [6.07, 6.45) is 0.465. The molecule has 0 heterocycles. The van der Waals surface area contributed by atoms with Crippen molar-refractivity contribution in [3.05, 3.63) is 53.6 Å². The van der Waals surface area contributed by atoms with Crippen LogP contribution in [0.3, 0.4) is 0 Å². The minimum atomic E-state index is -0.214. The van der Waals surface area contributed by atoms with Crippen molar-refractivity contribution in [3.8, 4) is 5.75 Å². The maximum atomic E-state index is 12.5. The summed E-state index contributed by atoms with van der Waals surface area (Å²) in [7, 11) is 0. The standard InChI is InChI=1S/C21H27N3O3.ClH/c1-14(2)12-20(25)24-19-9-4-16(13-15(19)3)21(26)23-17-5-7-18(8-6-17)27-11-10-22;/h4-9,13-14H,10-12,22H2,1-3H3,(H,23,26)(H,24,25);1H. The summed E-state index contributed by atoms with van der Waals surface area (Å²) in [4.78, 5) is 24.4. The van der Waals surface area contributed by atoms with Crippen molar-refractivity contribution in [3.63, 3.8) is 0 Å². The van der Waals surface area contributed by atoms with Crippen LogP contribution in [0.1, 0.15) is 36.2 Å². The highest BCUT2D eigenvalue weighted by molar-refractivity contribution is 6.05. The molecule has 0 saturated carbocycles. The maximum Gasteiger partial charge on any atom is 0.255 e. The number of benzene rings is 2. The van der Waals surface area contributed by atoms with Crippen molar-refractivity contribution in [1.82, 2.24) is 0 Å². The first-order chi connectivity index (χ1) is 12.9. The van der Waals surface area contributed by atoms with Gasteiger partial charge >= 0.3 is 0 Å². The Hall–Kier alpha value is -2.57. The highest BCUT2D eigenvalue weighted by Crippen LogP contribution is 2.20. The summed E-state index contributed by atoms with van der Waals surface area (Å²) >= 11 is 0. The summed E-state index contributed by atoms with van der Waals surface area (Å²) in [5, 5.41) is 5.74. The molecule has 0 spiro atoms. The van der Waals surface area contributed by atoms with Crippen LogP contribution >= 0.6 is 12.4 Å². The number of rotatable bonds is 8. The van der Waals surface area contributed by atoms with Crippen LogP contribution < -0.4 is 21.1 Å². The van der Waals surface area contributed by atoms with E-state index in [0.717, 1.165) is 11.3 Å². The Balaban J connectivity index is 0.00000392. The molecule has 0 unspecified atom stereocenters. The molecule has 0 saturated heterocycles. The first-order valence-electron chi connectivity index (χ1n) is 9.04. The van der Waals surface area contributed by atoms with Gasteiger partial charge in [0.2, 0.25) is 5.91 Å². The quantitative estimate of drug-likeness (QED) is 0.618. The Kier molecular flexibility index (Phi) is 9.48. The fourth-order valence-electron chi connectivity index (χ4n) is 2.53. The van der Waals surface area contributed by atoms with E-state index in [-0.39, 0.29) is 24.2 Å². The second kappa shape index (κ2) is 11.3. The molecule has 6 nitrogen and oxygen atoms in total. The van der Waals surface area contributed by atoms with Gasteiger partial charge in [-0.3, -0.25) is 9.59 Å². The van der Waals surface area contributed by atoms with Crippen LogP contribution in [-0.2, 0) is 4.79 Å². The van der Waals surface area contributed by atoms with Gasteiger partial charge in [-0.05, 0) is 60.9 Å². The number of nitrogens with two attached hydrogens (primary N) is 1. The van der Waals surface area contributed by atoms with E-state index in [9.17, 15) is 9.59 Å². The second-order valence-corrected chi connectivity index (χ2v) is 6.79. The zero-order valence-electron chi connectivity index (χ0n) is 16.5. The van der Waals surface area contributed by atoms with E-state index in [4.69, 9.17) is 10.5 Å². The number of hydrogen-bond acceptors (Lipinski definition) is 4. The van der Waals surface area contributed by atoms with Crippen LogP contribution in [0.15, 0.2) is 42.5 Å². The Labute approximate surface area is 172 Å². The Morgan fingerprint density at radius 1 is 1.07 bits per heavy atom. The van der Waals surface area contributed by atoms with E-state index in [0.29, 0.717) is 42.5 Å². The molecule has 152 valence electrons. The minimum Gasteiger partial charge on any atom is -0.492 e. The van der Waals surface area contributed by atoms with Crippen LogP contribution in [-0.4, -0.2) is 25.0 Å². The third kappa shape index (κ3) is 7.21. The molecule has 0 atom stereocenters. The molecular formula is C21H28ClN3O3. The number of amides is 2. The molecule has 2 rings (SSSR count). The van der Waals surface area contributed by atoms with E-state index in [1.165, 1.54) is 0 Å². The Morgan fingerprint density at radius 3 is 2.32 bits per heavy atom. The molecule has 0 aliphatic heterocycles. The van der Waals surface area contributed by atoms with Gasteiger partial charge in [0.25, 0.3) is 5.91 Å². The number of anilines is 2. The highest BCUT2D eigenvalue weighted by Gasteiger charge is 2.11. The zero-order valence-corrected chi connectivity index (χ0v) is 17.3. The van der Waals surface area contributed by atoms with Gasteiger partial charge in [-0.1, -0.05) is 13.8 Å². The summed E-state index contributed by atoms with van der Waals surface area (Å²) in [5.41, 5.74) is 8.16. The van der Waals surface area contributed by atoms with Gasteiger partial charge < -0.3 is 21.1 Å². The zero-order chi connectivity index (χ0) is 19.8. The molecule has 2 aromatic rings. The van der Waals surface area contributed by atoms with Gasteiger partial charge in [-0.2, -0.15) is 0 Å². The average molecular weight is 406 g/mol. The molecule has 4 N–H and O–H groups in total. The SMILES string of the molecule is Cc1cc(C(=O)Nc2ccc(OCCN)cc2)ccc1NC(=O)CC(C)C.Cl. The summed E-state index contributed by atoms with van der Waals surface area (Å²) in [6, 6.07) is 12.3. The first-order valence-corrected chi connectivity index (χ1v) is 9.04. The minimum absolute atomic E-state index is 0. The molecule has 0 aliphatic rings. The third-order valence-corrected chi connectivity index (χ3v) is 3.86. The number of carbonyl (C=O) groups is 2. The monoisotopic (exact) mass is 405 g/mol. The van der Waals surface area contributed by atoms with E-state index in [2.05, 4.69) is 10.6 Å². The largest absolute Gasteiger partial charge is 0.492 e. The van der Waals surface area contributed by atoms with E-state index >= 15 is 0 Å². The Bertz CT molecular complexity index is 792. The lowest BCUT2D eigenvalue weighted by molar-refractivity contribution is -0.116. The van der Waals surface area contributed by atoms with Crippen molar-refractivity contribution in [2.75, 3.05) is 23.8 Å². The second-order valence-electron chi connectivity index (χ2n) is 6.79. The lowest BCUT2D eigenvalue weighted by Crippen LogP contribution is -2.16. The van der Waals surface area contributed by atoms with Gasteiger partial charge in [0.1, 0.15) is 12.4 Å². The van der Waals surface area contributed by atoms with E-state index < -0.39 is 0 Å². The lowest BCUT2D eigenvalue weighted by Gasteiger charge is -2.12. The molecule has 0 radical (unpaired) electrons. The normalized spacial score (nSPS) is 10.2. The summed E-state index contributed by atoms with van der Waals surface area (Å²) in [6.45, 7) is 6.76. The maximum absolute atomic E-state index is 12.5. The number of carbonyl (C=O) groups excluding carboxylic acids is 2. The third-order valence-electron chi connectivity index (χ3n) is 3.86. The molecule has 0 aliphatic carbocycles. The summed E-state index contributed by atoms with van der Waals surface area (Å²) < 4.78 is 5.41. The van der Waals surface area contributed by atoms with Crippen LogP contribution in [0.5, 0.6) is 5.75 Å². The number of ether oxygens (including phenoxy) is 1.